The van der Waals surface area contributed by atoms with Gasteiger partial charge >= 0.3 is 0 Å². The highest BCUT2D eigenvalue weighted by atomic mass is 15.1. The number of allylic oxidation sites excluding steroid dienone is 2. The third kappa shape index (κ3) is 0.953. The summed E-state index contributed by atoms with van der Waals surface area (Å²) in [6, 6.07) is 0. The van der Waals surface area contributed by atoms with Crippen molar-refractivity contribution in [1.29, 1.82) is 0 Å². The quantitative estimate of drug-likeness (QED) is 0.540. The summed E-state index contributed by atoms with van der Waals surface area (Å²) in [7, 11) is 0. The normalized spacial score (nSPS) is 22.8. The molecule has 0 aromatic heterocycles. The first kappa shape index (κ1) is 6.84. The summed E-state index contributed by atoms with van der Waals surface area (Å²) >= 11 is 0. The molecule has 0 saturated heterocycles. The number of hydrogen-bond acceptors (Lipinski definition) is 0. The van der Waals surface area contributed by atoms with Gasteiger partial charge in [0.15, 0.2) is 17.6 Å². The van der Waals surface area contributed by atoms with E-state index < -0.39 is 0 Å². The van der Waals surface area contributed by atoms with E-state index in [2.05, 4.69) is 24.2 Å². The Labute approximate surface area is 67.7 Å². The maximum atomic E-state index is 3.81. The zero-order valence-electron chi connectivity index (χ0n) is 7.01. The van der Waals surface area contributed by atoms with Gasteiger partial charge in [0, 0.05) is 12.3 Å². The molecule has 1 fully saturated rings. The molecule has 2 rings (SSSR count). The predicted molar refractivity (Wildman–Crippen MR) is 46.6 cm³/mol. The summed E-state index contributed by atoms with van der Waals surface area (Å²) in [6.45, 7) is 5.99. The Hall–Kier alpha value is -0.850. The van der Waals surface area contributed by atoms with Crippen LogP contribution in [0.25, 0.3) is 0 Å². The Bertz CT molecular complexity index is 254. The summed E-state index contributed by atoms with van der Waals surface area (Å²) in [4.78, 5) is 0. The molecule has 0 aromatic rings. The van der Waals surface area contributed by atoms with Crippen LogP contribution < -0.4 is 0 Å². The van der Waals surface area contributed by atoms with Gasteiger partial charge in [-0.3, -0.25) is 0 Å². The molecular weight excluding hydrogens is 134 g/mol. The van der Waals surface area contributed by atoms with Gasteiger partial charge in [0.05, 0.1) is 6.08 Å². The van der Waals surface area contributed by atoms with Crippen LogP contribution >= 0.6 is 0 Å². The minimum atomic E-state index is 0.864. The van der Waals surface area contributed by atoms with Crippen LogP contribution in [0.4, 0.5) is 0 Å². The van der Waals surface area contributed by atoms with Crippen molar-refractivity contribution in [2.24, 2.45) is 5.92 Å². The van der Waals surface area contributed by atoms with Crippen LogP contribution in [-0.4, -0.2) is 10.3 Å². The van der Waals surface area contributed by atoms with Gasteiger partial charge in [-0.15, -0.1) is 0 Å². The van der Waals surface area contributed by atoms with Crippen LogP contribution in [0.5, 0.6) is 0 Å². The number of rotatable bonds is 3. The van der Waals surface area contributed by atoms with E-state index in [9.17, 15) is 0 Å². The van der Waals surface area contributed by atoms with Gasteiger partial charge in [-0.1, -0.05) is 6.92 Å². The fraction of sp³-hybridized carbons (Fsp3) is 0.500. The zero-order valence-corrected chi connectivity index (χ0v) is 7.01. The molecule has 11 heavy (non-hydrogen) atoms. The van der Waals surface area contributed by atoms with Crippen LogP contribution in [-0.2, 0) is 0 Å². The molecule has 1 aliphatic carbocycles. The molecule has 1 heterocycles. The third-order valence-electron chi connectivity index (χ3n) is 2.44. The van der Waals surface area contributed by atoms with Crippen molar-refractivity contribution in [3.05, 3.63) is 24.6 Å². The van der Waals surface area contributed by atoms with Crippen molar-refractivity contribution in [2.45, 2.75) is 26.2 Å². The minimum Gasteiger partial charge on any atom is -0.168 e. The summed E-state index contributed by atoms with van der Waals surface area (Å²) in [5.74, 6) is 0.864. The Morgan fingerprint density at radius 2 is 2.45 bits per heavy atom. The van der Waals surface area contributed by atoms with Gasteiger partial charge in [0.25, 0.3) is 0 Å². The van der Waals surface area contributed by atoms with Crippen LogP contribution in [0, 0.1) is 5.92 Å². The van der Waals surface area contributed by atoms with Crippen LogP contribution in [0.15, 0.2) is 24.6 Å². The summed E-state index contributed by atoms with van der Waals surface area (Å²) in [5, 5.41) is 0. The average Bonchev–Trinajstić information content (AvgIpc) is 2.71. The van der Waals surface area contributed by atoms with E-state index in [1.807, 2.05) is 6.20 Å². The lowest BCUT2D eigenvalue weighted by molar-refractivity contribution is -0.419. The van der Waals surface area contributed by atoms with Gasteiger partial charge in [0.1, 0.15) is 0 Å². The van der Waals surface area contributed by atoms with Gasteiger partial charge in [0.2, 0.25) is 0 Å². The Balaban J connectivity index is 2.12. The molecule has 0 bridgehead atoms. The molecule has 0 aromatic carbocycles. The van der Waals surface area contributed by atoms with E-state index in [0.717, 1.165) is 12.3 Å². The first-order valence-corrected chi connectivity index (χ1v) is 4.36. The molecule has 1 aliphatic heterocycles. The van der Waals surface area contributed by atoms with E-state index in [0.29, 0.717) is 0 Å². The van der Waals surface area contributed by atoms with Crippen molar-refractivity contribution in [1.82, 2.24) is 0 Å². The second-order valence-electron chi connectivity index (χ2n) is 3.24. The summed E-state index contributed by atoms with van der Waals surface area (Å²) < 4.78 is 2.25. The lowest BCUT2D eigenvalue weighted by atomic mass is 10.1. The highest BCUT2D eigenvalue weighted by Gasteiger charge is 2.39. The van der Waals surface area contributed by atoms with Gasteiger partial charge < -0.3 is 0 Å². The highest BCUT2D eigenvalue weighted by molar-refractivity contribution is 5.94. The van der Waals surface area contributed by atoms with Gasteiger partial charge in [-0.05, 0) is 19.4 Å². The SMILES string of the molecule is C=C[N+]1=C(CC)C=C1C1CC1. The molecular formula is C10H14N+. The smallest absolute Gasteiger partial charge is 0.168 e. The van der Waals surface area contributed by atoms with Crippen LogP contribution in [0.1, 0.15) is 26.2 Å². The molecule has 0 unspecified atom stereocenters. The standard InChI is InChI=1S/C10H14N/c1-3-9-7-10(8-5-6-8)11(9)4-2/h4,7-8H,2-3,5-6H2,1H3/q+1. The van der Waals surface area contributed by atoms with E-state index in [1.165, 1.54) is 24.3 Å². The fourth-order valence-corrected chi connectivity index (χ4v) is 1.60. The van der Waals surface area contributed by atoms with Crippen molar-refractivity contribution in [3.8, 4) is 0 Å². The Kier molecular flexibility index (Phi) is 1.45. The monoisotopic (exact) mass is 148 g/mol. The maximum absolute atomic E-state index is 3.81. The van der Waals surface area contributed by atoms with Crippen molar-refractivity contribution < 1.29 is 4.58 Å². The van der Waals surface area contributed by atoms with Gasteiger partial charge in [-0.2, -0.15) is 4.58 Å². The molecule has 0 radical (unpaired) electrons. The first-order chi connectivity index (χ1) is 5.36. The molecule has 0 amide bonds. The predicted octanol–water partition coefficient (Wildman–Crippen LogP) is 2.30. The molecule has 0 atom stereocenters. The molecule has 1 saturated carbocycles. The highest BCUT2D eigenvalue weighted by Crippen LogP contribution is 2.39. The largest absolute Gasteiger partial charge is 0.196 e. The van der Waals surface area contributed by atoms with Crippen molar-refractivity contribution >= 4 is 5.71 Å². The van der Waals surface area contributed by atoms with Crippen LogP contribution in [0.2, 0.25) is 0 Å². The topological polar surface area (TPSA) is 3.01 Å². The maximum Gasteiger partial charge on any atom is 0.196 e. The number of nitrogens with zero attached hydrogens (tertiary/aromatic N) is 1. The molecule has 1 heteroatoms. The molecule has 58 valence electrons. The fourth-order valence-electron chi connectivity index (χ4n) is 1.60. The first-order valence-electron chi connectivity index (χ1n) is 4.36. The van der Waals surface area contributed by atoms with Crippen molar-refractivity contribution in [2.75, 3.05) is 0 Å². The molecule has 0 spiro atoms. The van der Waals surface area contributed by atoms with E-state index in [-0.39, 0.29) is 0 Å². The minimum absolute atomic E-state index is 0.864. The van der Waals surface area contributed by atoms with E-state index >= 15 is 0 Å². The molecule has 2 aliphatic rings. The second-order valence-corrected chi connectivity index (χ2v) is 3.24. The summed E-state index contributed by atoms with van der Waals surface area (Å²) in [5.41, 5.74) is 2.92. The zero-order chi connectivity index (χ0) is 7.84. The third-order valence-corrected chi connectivity index (χ3v) is 2.44. The second kappa shape index (κ2) is 2.33. The Morgan fingerprint density at radius 1 is 1.73 bits per heavy atom. The lowest BCUT2D eigenvalue weighted by Gasteiger charge is -2.11. The van der Waals surface area contributed by atoms with Crippen molar-refractivity contribution in [3.63, 3.8) is 0 Å². The van der Waals surface area contributed by atoms with E-state index in [4.69, 9.17) is 0 Å². The number of hydrogen-bond donors (Lipinski definition) is 0. The van der Waals surface area contributed by atoms with Crippen LogP contribution in [0.3, 0.4) is 0 Å². The Morgan fingerprint density at radius 3 is 2.91 bits per heavy atom. The summed E-state index contributed by atoms with van der Waals surface area (Å²) in [6.07, 6.45) is 8.15. The van der Waals surface area contributed by atoms with Gasteiger partial charge in [-0.25, -0.2) is 0 Å². The van der Waals surface area contributed by atoms with E-state index in [1.54, 1.807) is 0 Å². The molecule has 1 nitrogen and oxygen atoms in total. The lowest BCUT2D eigenvalue weighted by Crippen LogP contribution is -2.24. The molecule has 0 N–H and O–H groups in total. The average molecular weight is 148 g/mol.